The average molecular weight is 274 g/mol. The minimum Gasteiger partial charge on any atom is -0.506 e. The molecule has 0 unspecified atom stereocenters. The molecular weight excluding hydrogens is 262 g/mol. The lowest BCUT2D eigenvalue weighted by atomic mass is 10.0. The standard InChI is InChI=1S/C11H12F2N2O4/c1-19-10(18)11(5-12,6-13)15-9(17)7-2-8(16)4-14-3-7/h2-4,16H,5-6H2,1H3,(H,15,17). The molecule has 0 aromatic carbocycles. The van der Waals surface area contributed by atoms with E-state index in [0.717, 1.165) is 25.6 Å². The van der Waals surface area contributed by atoms with E-state index < -0.39 is 30.8 Å². The van der Waals surface area contributed by atoms with E-state index in [9.17, 15) is 18.4 Å². The van der Waals surface area contributed by atoms with Crippen LogP contribution >= 0.6 is 0 Å². The third kappa shape index (κ3) is 3.15. The van der Waals surface area contributed by atoms with Gasteiger partial charge in [0.25, 0.3) is 5.91 Å². The SMILES string of the molecule is COC(=O)C(CF)(CF)NC(=O)c1cncc(O)c1. The number of ether oxygens (including phenoxy) is 1. The van der Waals surface area contributed by atoms with E-state index in [4.69, 9.17) is 5.11 Å². The Kier molecular flexibility index (Phi) is 4.74. The first-order valence-electron chi connectivity index (χ1n) is 5.16. The maximum Gasteiger partial charge on any atom is 0.337 e. The monoisotopic (exact) mass is 274 g/mol. The normalized spacial score (nSPS) is 10.9. The summed E-state index contributed by atoms with van der Waals surface area (Å²) in [6.45, 7) is -2.93. The quantitative estimate of drug-likeness (QED) is 0.757. The van der Waals surface area contributed by atoms with E-state index in [1.165, 1.54) is 0 Å². The summed E-state index contributed by atoms with van der Waals surface area (Å²) in [7, 11) is 0.949. The van der Waals surface area contributed by atoms with Crippen LogP contribution in [0.3, 0.4) is 0 Å². The number of nitrogens with one attached hydrogen (secondary N) is 1. The molecule has 0 bridgehead atoms. The maximum atomic E-state index is 12.9. The molecule has 2 N–H and O–H groups in total. The second-order valence-electron chi connectivity index (χ2n) is 3.73. The van der Waals surface area contributed by atoms with Crippen LogP contribution < -0.4 is 5.32 Å². The van der Waals surface area contributed by atoms with E-state index in [2.05, 4.69) is 9.72 Å². The van der Waals surface area contributed by atoms with Crippen LogP contribution in [0.4, 0.5) is 8.78 Å². The van der Waals surface area contributed by atoms with Crippen molar-refractivity contribution in [1.82, 2.24) is 10.3 Å². The summed E-state index contributed by atoms with van der Waals surface area (Å²) in [4.78, 5) is 26.6. The highest BCUT2D eigenvalue weighted by Gasteiger charge is 2.42. The molecule has 0 aliphatic rings. The average Bonchev–Trinajstić information content (AvgIpc) is 2.43. The molecule has 1 amide bonds. The molecule has 0 aliphatic carbocycles. The number of alkyl halides is 2. The van der Waals surface area contributed by atoms with E-state index >= 15 is 0 Å². The van der Waals surface area contributed by atoms with Crippen LogP contribution in [-0.4, -0.2) is 48.0 Å². The van der Waals surface area contributed by atoms with Gasteiger partial charge in [-0.15, -0.1) is 0 Å². The number of hydrogen-bond acceptors (Lipinski definition) is 5. The second-order valence-corrected chi connectivity index (χ2v) is 3.73. The van der Waals surface area contributed by atoms with Crippen molar-refractivity contribution in [2.45, 2.75) is 5.54 Å². The molecule has 1 heterocycles. The molecule has 1 aromatic heterocycles. The van der Waals surface area contributed by atoms with Crippen LogP contribution in [0.15, 0.2) is 18.5 Å². The van der Waals surface area contributed by atoms with Crippen LogP contribution in [-0.2, 0) is 9.53 Å². The molecule has 0 fully saturated rings. The number of hydrogen-bond donors (Lipinski definition) is 2. The molecule has 104 valence electrons. The molecule has 6 nitrogen and oxygen atoms in total. The summed E-state index contributed by atoms with van der Waals surface area (Å²) in [5, 5.41) is 11.1. The van der Waals surface area contributed by atoms with Crippen LogP contribution in [0.2, 0.25) is 0 Å². The number of aromatic hydroxyl groups is 1. The largest absolute Gasteiger partial charge is 0.506 e. The van der Waals surface area contributed by atoms with Crippen LogP contribution in [0.1, 0.15) is 10.4 Å². The number of esters is 1. The van der Waals surface area contributed by atoms with Crippen molar-refractivity contribution < 1.29 is 28.2 Å². The predicted octanol–water partition coefficient (Wildman–Crippen LogP) is 0.368. The number of carbonyl (C=O) groups excluding carboxylic acids is 2. The van der Waals surface area contributed by atoms with Crippen molar-refractivity contribution in [2.75, 3.05) is 20.5 Å². The van der Waals surface area contributed by atoms with Crippen molar-refractivity contribution in [3.8, 4) is 5.75 Å². The molecule has 0 saturated carbocycles. The van der Waals surface area contributed by atoms with E-state index in [0.29, 0.717) is 0 Å². The predicted molar refractivity (Wildman–Crippen MR) is 60.1 cm³/mol. The Labute approximate surface area is 107 Å². The van der Waals surface area contributed by atoms with E-state index in [-0.39, 0.29) is 11.3 Å². The first-order valence-corrected chi connectivity index (χ1v) is 5.16. The minimum absolute atomic E-state index is 0.143. The summed E-state index contributed by atoms with van der Waals surface area (Å²) >= 11 is 0. The Morgan fingerprint density at radius 2 is 2.05 bits per heavy atom. The van der Waals surface area contributed by atoms with E-state index in [1.54, 1.807) is 0 Å². The van der Waals surface area contributed by atoms with Crippen molar-refractivity contribution in [3.05, 3.63) is 24.0 Å². The van der Waals surface area contributed by atoms with Crippen LogP contribution in [0.25, 0.3) is 0 Å². The third-order valence-electron chi connectivity index (χ3n) is 2.37. The summed E-state index contributed by atoms with van der Waals surface area (Å²) < 4.78 is 30.0. The molecule has 0 radical (unpaired) electrons. The van der Waals surface area contributed by atoms with Gasteiger partial charge in [0.15, 0.2) is 5.54 Å². The molecule has 8 heteroatoms. The summed E-state index contributed by atoms with van der Waals surface area (Å²) in [5.74, 6) is -2.49. The van der Waals surface area contributed by atoms with Gasteiger partial charge in [-0.1, -0.05) is 0 Å². The number of amides is 1. The van der Waals surface area contributed by atoms with Crippen molar-refractivity contribution >= 4 is 11.9 Å². The van der Waals surface area contributed by atoms with Gasteiger partial charge >= 0.3 is 5.97 Å². The highest BCUT2D eigenvalue weighted by atomic mass is 19.1. The number of methoxy groups -OCH3 is 1. The zero-order valence-electron chi connectivity index (χ0n) is 10.0. The number of carbonyl (C=O) groups is 2. The molecule has 0 aliphatic heterocycles. The lowest BCUT2D eigenvalue weighted by molar-refractivity contribution is -0.149. The zero-order valence-corrected chi connectivity index (χ0v) is 10.0. The van der Waals surface area contributed by atoms with Crippen molar-refractivity contribution in [1.29, 1.82) is 0 Å². The highest BCUT2D eigenvalue weighted by Crippen LogP contribution is 2.13. The fourth-order valence-corrected chi connectivity index (χ4v) is 1.30. The Morgan fingerprint density at radius 1 is 1.42 bits per heavy atom. The number of halogens is 2. The lowest BCUT2D eigenvalue weighted by Gasteiger charge is -2.25. The van der Waals surface area contributed by atoms with Crippen molar-refractivity contribution in [3.63, 3.8) is 0 Å². The lowest BCUT2D eigenvalue weighted by Crippen LogP contribution is -2.58. The Bertz CT molecular complexity index is 478. The number of aromatic nitrogens is 1. The Balaban J connectivity index is 2.97. The van der Waals surface area contributed by atoms with Gasteiger partial charge in [-0.2, -0.15) is 0 Å². The van der Waals surface area contributed by atoms with Crippen LogP contribution in [0, 0.1) is 0 Å². The Hall–Kier alpha value is -2.25. The van der Waals surface area contributed by atoms with Gasteiger partial charge in [0.05, 0.1) is 18.9 Å². The zero-order chi connectivity index (χ0) is 14.5. The molecule has 0 atom stereocenters. The van der Waals surface area contributed by atoms with Gasteiger partial charge in [0.2, 0.25) is 0 Å². The van der Waals surface area contributed by atoms with Crippen molar-refractivity contribution in [2.24, 2.45) is 0 Å². The van der Waals surface area contributed by atoms with Gasteiger partial charge < -0.3 is 15.2 Å². The minimum atomic E-state index is -2.39. The molecule has 1 rings (SSSR count). The van der Waals surface area contributed by atoms with Gasteiger partial charge in [0, 0.05) is 6.20 Å². The van der Waals surface area contributed by atoms with E-state index in [1.807, 2.05) is 5.32 Å². The fourth-order valence-electron chi connectivity index (χ4n) is 1.30. The van der Waals surface area contributed by atoms with Crippen LogP contribution in [0.5, 0.6) is 5.75 Å². The third-order valence-corrected chi connectivity index (χ3v) is 2.37. The van der Waals surface area contributed by atoms with Gasteiger partial charge in [-0.25, -0.2) is 13.6 Å². The molecule has 19 heavy (non-hydrogen) atoms. The first kappa shape index (κ1) is 14.8. The first-order chi connectivity index (χ1) is 8.99. The Morgan fingerprint density at radius 3 is 2.53 bits per heavy atom. The highest BCUT2D eigenvalue weighted by molar-refractivity contribution is 5.98. The summed E-state index contributed by atoms with van der Waals surface area (Å²) in [6, 6.07) is 1.04. The topological polar surface area (TPSA) is 88.5 Å². The second kappa shape index (κ2) is 6.07. The maximum absolute atomic E-state index is 12.9. The smallest absolute Gasteiger partial charge is 0.337 e. The number of nitrogens with zero attached hydrogens (tertiary/aromatic N) is 1. The molecule has 1 aromatic rings. The van der Waals surface area contributed by atoms with Gasteiger partial charge in [0.1, 0.15) is 19.1 Å². The molecular formula is C11H12F2N2O4. The van der Waals surface area contributed by atoms with Gasteiger partial charge in [-0.3, -0.25) is 9.78 Å². The van der Waals surface area contributed by atoms with Gasteiger partial charge in [-0.05, 0) is 6.07 Å². The fraction of sp³-hybridized carbons (Fsp3) is 0.364. The number of pyridine rings is 1. The molecule has 0 spiro atoms. The molecule has 0 saturated heterocycles. The number of rotatable bonds is 5. The summed E-state index contributed by atoms with van der Waals surface area (Å²) in [6.07, 6.45) is 2.15. The summed E-state index contributed by atoms with van der Waals surface area (Å²) in [5.41, 5.74) is -2.53.